The van der Waals surface area contributed by atoms with Crippen LogP contribution >= 0.6 is 0 Å². The fourth-order valence-corrected chi connectivity index (χ4v) is 2.47. The highest BCUT2D eigenvalue weighted by molar-refractivity contribution is 5.92. The topological polar surface area (TPSA) is 54.0 Å². The van der Waals surface area contributed by atoms with E-state index in [2.05, 4.69) is 15.6 Å². The lowest BCUT2D eigenvalue weighted by atomic mass is 10.1. The monoisotopic (exact) mass is 371 g/mol. The second kappa shape index (κ2) is 7.90. The van der Waals surface area contributed by atoms with Crippen LogP contribution in [0, 0.1) is 0 Å². The highest BCUT2D eigenvalue weighted by Gasteiger charge is 2.33. The van der Waals surface area contributed by atoms with E-state index in [-0.39, 0.29) is 17.3 Å². The van der Waals surface area contributed by atoms with Gasteiger partial charge in [0.2, 0.25) is 0 Å². The van der Waals surface area contributed by atoms with E-state index in [1.807, 2.05) is 30.3 Å². The Morgan fingerprint density at radius 1 is 0.926 bits per heavy atom. The van der Waals surface area contributed by atoms with Gasteiger partial charge in [0.15, 0.2) is 0 Å². The zero-order valence-corrected chi connectivity index (χ0v) is 14.1. The van der Waals surface area contributed by atoms with Crippen LogP contribution < -0.4 is 10.6 Å². The number of halogens is 3. The molecule has 0 aliphatic heterocycles. The summed E-state index contributed by atoms with van der Waals surface area (Å²) in [6, 6.07) is 17.6. The third-order valence-corrected chi connectivity index (χ3v) is 3.80. The lowest BCUT2D eigenvalue weighted by Crippen LogP contribution is -2.23. The summed E-state index contributed by atoms with van der Waals surface area (Å²) in [5.41, 5.74) is 0.641. The van der Waals surface area contributed by atoms with Crippen LogP contribution in [0.25, 0.3) is 0 Å². The Balaban J connectivity index is 1.66. The minimum Gasteiger partial charge on any atom is -0.354 e. The number of rotatable bonds is 5. The Morgan fingerprint density at radius 2 is 1.63 bits per heavy atom. The van der Waals surface area contributed by atoms with Crippen LogP contribution in [-0.2, 0) is 12.7 Å². The second-order valence-corrected chi connectivity index (χ2v) is 5.77. The lowest BCUT2D eigenvalue weighted by molar-refractivity contribution is -0.136. The number of aromatic nitrogens is 1. The Morgan fingerprint density at radius 3 is 2.30 bits per heavy atom. The maximum atomic E-state index is 13.0. The van der Waals surface area contributed by atoms with Gasteiger partial charge in [-0.1, -0.05) is 42.5 Å². The fraction of sp³-hybridized carbons (Fsp3) is 0.100. The molecule has 0 spiro atoms. The molecule has 7 heteroatoms. The highest BCUT2D eigenvalue weighted by atomic mass is 19.4. The van der Waals surface area contributed by atoms with E-state index >= 15 is 0 Å². The first-order valence-electron chi connectivity index (χ1n) is 8.15. The summed E-state index contributed by atoms with van der Waals surface area (Å²) < 4.78 is 39.1. The number of hydrogen-bond donors (Lipinski definition) is 2. The number of carbonyl (C=O) groups is 1. The lowest BCUT2D eigenvalue weighted by Gasteiger charge is -2.14. The molecule has 1 aromatic heterocycles. The summed E-state index contributed by atoms with van der Waals surface area (Å²) >= 11 is 0. The van der Waals surface area contributed by atoms with Crippen molar-refractivity contribution < 1.29 is 18.0 Å². The second-order valence-electron chi connectivity index (χ2n) is 5.77. The van der Waals surface area contributed by atoms with E-state index in [0.29, 0.717) is 12.2 Å². The number of pyridine rings is 1. The van der Waals surface area contributed by atoms with Crippen molar-refractivity contribution in [2.45, 2.75) is 12.7 Å². The number of para-hydroxylation sites is 1. The van der Waals surface area contributed by atoms with E-state index in [4.69, 9.17) is 0 Å². The predicted molar refractivity (Wildman–Crippen MR) is 96.6 cm³/mol. The first-order valence-corrected chi connectivity index (χ1v) is 8.15. The molecule has 3 aromatic rings. The van der Waals surface area contributed by atoms with E-state index < -0.39 is 11.7 Å². The fourth-order valence-electron chi connectivity index (χ4n) is 2.47. The molecule has 27 heavy (non-hydrogen) atoms. The summed E-state index contributed by atoms with van der Waals surface area (Å²) in [4.78, 5) is 16.2. The van der Waals surface area contributed by atoms with E-state index in [1.54, 1.807) is 0 Å². The highest BCUT2D eigenvalue weighted by Crippen LogP contribution is 2.35. The maximum absolute atomic E-state index is 13.0. The molecule has 0 unspecified atom stereocenters. The summed E-state index contributed by atoms with van der Waals surface area (Å²) in [5.74, 6) is -0.360. The summed E-state index contributed by atoms with van der Waals surface area (Å²) in [7, 11) is 0. The molecule has 0 saturated carbocycles. The van der Waals surface area contributed by atoms with Crippen molar-refractivity contribution in [2.75, 3.05) is 5.32 Å². The van der Waals surface area contributed by atoms with Gasteiger partial charge in [-0.15, -0.1) is 0 Å². The van der Waals surface area contributed by atoms with Gasteiger partial charge in [0.25, 0.3) is 5.91 Å². The molecule has 138 valence electrons. The molecule has 0 aliphatic carbocycles. The van der Waals surface area contributed by atoms with Gasteiger partial charge < -0.3 is 10.6 Å². The molecule has 2 aromatic carbocycles. The zero-order valence-electron chi connectivity index (χ0n) is 14.1. The Kier molecular flexibility index (Phi) is 5.40. The van der Waals surface area contributed by atoms with Crippen LogP contribution in [0.15, 0.2) is 72.9 Å². The first kappa shape index (κ1) is 18.4. The molecule has 1 amide bonds. The predicted octanol–water partition coefficient (Wildman–Crippen LogP) is 4.77. The summed E-state index contributed by atoms with van der Waals surface area (Å²) in [6.07, 6.45) is -3.14. The van der Waals surface area contributed by atoms with E-state index in [1.165, 1.54) is 36.5 Å². The Labute approximate surface area is 154 Å². The number of nitrogens with one attached hydrogen (secondary N) is 2. The molecule has 0 atom stereocenters. The van der Waals surface area contributed by atoms with Gasteiger partial charge in [0.1, 0.15) is 5.69 Å². The van der Waals surface area contributed by atoms with Crippen molar-refractivity contribution in [1.29, 1.82) is 0 Å². The number of benzene rings is 2. The summed E-state index contributed by atoms with van der Waals surface area (Å²) in [5, 5.41) is 5.43. The molecule has 1 heterocycles. The molecular formula is C20H16F3N3O. The Hall–Kier alpha value is -3.35. The minimum atomic E-state index is -4.46. The molecule has 0 bridgehead atoms. The number of alkyl halides is 3. The maximum Gasteiger partial charge on any atom is 0.418 e. The quantitative estimate of drug-likeness (QED) is 0.679. The molecule has 4 nitrogen and oxygen atoms in total. The average molecular weight is 371 g/mol. The number of amides is 1. The van der Waals surface area contributed by atoms with Gasteiger partial charge >= 0.3 is 6.18 Å². The van der Waals surface area contributed by atoms with Gasteiger partial charge in [-0.25, -0.2) is 4.98 Å². The van der Waals surface area contributed by atoms with Crippen molar-refractivity contribution in [3.05, 3.63) is 89.7 Å². The van der Waals surface area contributed by atoms with Crippen molar-refractivity contribution in [1.82, 2.24) is 10.3 Å². The smallest absolute Gasteiger partial charge is 0.354 e. The number of hydrogen-bond acceptors (Lipinski definition) is 3. The summed E-state index contributed by atoms with van der Waals surface area (Å²) in [6.45, 7) is 0.361. The van der Waals surface area contributed by atoms with Crippen LogP contribution in [-0.4, -0.2) is 10.9 Å². The van der Waals surface area contributed by atoms with Gasteiger partial charge in [-0.05, 0) is 29.8 Å². The number of nitrogens with zero attached hydrogens (tertiary/aromatic N) is 1. The molecule has 0 radical (unpaired) electrons. The molecule has 2 N–H and O–H groups in total. The third kappa shape index (κ3) is 4.84. The van der Waals surface area contributed by atoms with Crippen LogP contribution in [0.1, 0.15) is 21.6 Å². The SMILES string of the molecule is O=C(NCc1ccccc1)c1ccc(Nc2ccccc2C(F)(F)F)cn1. The molecule has 0 aliphatic rings. The normalized spacial score (nSPS) is 11.1. The van der Waals surface area contributed by atoms with Crippen LogP contribution in [0.3, 0.4) is 0 Å². The van der Waals surface area contributed by atoms with Gasteiger partial charge in [-0.3, -0.25) is 4.79 Å². The average Bonchev–Trinajstić information content (AvgIpc) is 2.67. The number of anilines is 2. The van der Waals surface area contributed by atoms with Crippen molar-refractivity contribution in [2.24, 2.45) is 0 Å². The molecule has 3 rings (SSSR count). The van der Waals surface area contributed by atoms with Crippen molar-refractivity contribution >= 4 is 17.3 Å². The van der Waals surface area contributed by atoms with Gasteiger partial charge in [-0.2, -0.15) is 13.2 Å². The molecule has 0 fully saturated rings. The third-order valence-electron chi connectivity index (χ3n) is 3.80. The first-order chi connectivity index (χ1) is 12.9. The van der Waals surface area contributed by atoms with Crippen molar-refractivity contribution in [3.8, 4) is 0 Å². The largest absolute Gasteiger partial charge is 0.418 e. The van der Waals surface area contributed by atoms with Crippen LogP contribution in [0.5, 0.6) is 0 Å². The van der Waals surface area contributed by atoms with E-state index in [0.717, 1.165) is 11.6 Å². The van der Waals surface area contributed by atoms with Crippen molar-refractivity contribution in [3.63, 3.8) is 0 Å². The standard InChI is InChI=1S/C20H16F3N3O/c21-20(22,23)16-8-4-5-9-17(16)26-15-10-11-18(24-13-15)19(27)25-12-14-6-2-1-3-7-14/h1-11,13,26H,12H2,(H,25,27). The van der Waals surface area contributed by atoms with Gasteiger partial charge in [0, 0.05) is 6.54 Å². The molecular weight excluding hydrogens is 355 g/mol. The van der Waals surface area contributed by atoms with Crippen LogP contribution in [0.4, 0.5) is 24.5 Å². The van der Waals surface area contributed by atoms with Crippen LogP contribution in [0.2, 0.25) is 0 Å². The van der Waals surface area contributed by atoms with E-state index in [9.17, 15) is 18.0 Å². The minimum absolute atomic E-state index is 0.0759. The van der Waals surface area contributed by atoms with Gasteiger partial charge in [0.05, 0.1) is 23.1 Å². The number of carbonyl (C=O) groups excluding carboxylic acids is 1. The zero-order chi connectivity index (χ0) is 19.3. The molecule has 0 saturated heterocycles. The Bertz CT molecular complexity index is 910.